The van der Waals surface area contributed by atoms with Crippen LogP contribution in [0.4, 0.5) is 17.1 Å². The number of rotatable bonds is 12. The highest BCUT2D eigenvalue weighted by Crippen LogP contribution is 2.38. The Bertz CT molecular complexity index is 2570. The van der Waals surface area contributed by atoms with E-state index in [1.807, 2.05) is 66.7 Å². The molecule has 11 heteroatoms. The third kappa shape index (κ3) is 8.32. The van der Waals surface area contributed by atoms with Gasteiger partial charge in [0.2, 0.25) is 5.91 Å². The zero-order valence-electron chi connectivity index (χ0n) is 29.6. The number of fused-ring (bicyclic) bond motifs is 3. The van der Waals surface area contributed by atoms with E-state index in [0.717, 1.165) is 38.8 Å². The summed E-state index contributed by atoms with van der Waals surface area (Å²) in [5, 5.41) is 21.4. The largest absolute Gasteiger partial charge is 0.341 e. The van der Waals surface area contributed by atoms with Crippen LogP contribution in [0.5, 0.6) is 0 Å². The lowest BCUT2D eigenvalue weighted by Gasteiger charge is -2.18. The molecule has 0 bridgehead atoms. The van der Waals surface area contributed by atoms with Crippen LogP contribution in [0.25, 0.3) is 27.9 Å². The van der Waals surface area contributed by atoms with Crippen molar-refractivity contribution in [2.75, 3.05) is 10.6 Å². The van der Waals surface area contributed by atoms with Crippen molar-refractivity contribution in [3.05, 3.63) is 184 Å². The Balaban J connectivity index is 1.13. The van der Waals surface area contributed by atoms with Gasteiger partial charge in [-0.15, -0.1) is 11.8 Å². The Morgan fingerprint density at radius 1 is 0.727 bits per heavy atom. The van der Waals surface area contributed by atoms with Gasteiger partial charge in [-0.05, 0) is 90.9 Å². The number of hydrogen-bond acceptors (Lipinski definition) is 6. The summed E-state index contributed by atoms with van der Waals surface area (Å²) in [6.45, 7) is 2.94. The summed E-state index contributed by atoms with van der Waals surface area (Å²) in [5.41, 5.74) is 4.81. The number of anilines is 2. The van der Waals surface area contributed by atoms with E-state index in [1.54, 1.807) is 48.5 Å². The van der Waals surface area contributed by atoms with E-state index < -0.39 is 22.0 Å². The summed E-state index contributed by atoms with van der Waals surface area (Å²) in [4.78, 5) is 52.3. The number of non-ortho nitro benzene ring substituents is 1. The van der Waals surface area contributed by atoms with Gasteiger partial charge >= 0.3 is 0 Å². The highest BCUT2D eigenvalue weighted by Gasteiger charge is 2.23. The van der Waals surface area contributed by atoms with Gasteiger partial charge in [0.05, 0.1) is 4.92 Å². The highest BCUT2D eigenvalue weighted by molar-refractivity contribution is 8.00. The van der Waals surface area contributed by atoms with Crippen LogP contribution >= 0.6 is 11.8 Å². The molecule has 1 aromatic heterocycles. The second kappa shape index (κ2) is 16.4. The predicted octanol–water partition coefficient (Wildman–Crippen LogP) is 9.60. The number of hydrogen-bond donors (Lipinski definition) is 3. The molecule has 7 rings (SSSR count). The fourth-order valence-corrected chi connectivity index (χ4v) is 7.45. The minimum Gasteiger partial charge on any atom is -0.341 e. The minimum atomic E-state index is -0.636. The molecule has 3 amide bonds. The van der Waals surface area contributed by atoms with Gasteiger partial charge in [-0.2, -0.15) is 0 Å². The van der Waals surface area contributed by atoms with Crippen molar-refractivity contribution in [2.24, 2.45) is 0 Å². The van der Waals surface area contributed by atoms with Crippen LogP contribution in [-0.2, 0) is 16.1 Å². The average Bonchev–Trinajstić information content (AvgIpc) is 3.53. The van der Waals surface area contributed by atoms with Gasteiger partial charge in [0, 0.05) is 62.3 Å². The quantitative estimate of drug-likeness (QED) is 0.0494. The lowest BCUT2D eigenvalue weighted by molar-refractivity contribution is -0.384. The Morgan fingerprint density at radius 2 is 1.40 bits per heavy atom. The zero-order valence-corrected chi connectivity index (χ0v) is 30.5. The van der Waals surface area contributed by atoms with Gasteiger partial charge < -0.3 is 20.5 Å². The Labute approximate surface area is 321 Å². The Kier molecular flexibility index (Phi) is 10.8. The molecule has 55 heavy (non-hydrogen) atoms. The van der Waals surface area contributed by atoms with Crippen molar-refractivity contribution in [2.45, 2.75) is 23.6 Å². The maximum atomic E-state index is 14.1. The number of aryl methyl sites for hydroxylation is 1. The first-order valence-electron chi connectivity index (χ1n) is 17.5. The molecule has 272 valence electrons. The third-order valence-corrected chi connectivity index (χ3v) is 10.2. The first kappa shape index (κ1) is 36.4. The molecule has 0 saturated heterocycles. The molecule has 3 N–H and O–H groups in total. The second-order valence-electron chi connectivity index (χ2n) is 12.6. The zero-order chi connectivity index (χ0) is 38.3. The molecule has 1 atom stereocenters. The van der Waals surface area contributed by atoms with E-state index in [4.69, 9.17) is 0 Å². The van der Waals surface area contributed by atoms with Gasteiger partial charge in [-0.3, -0.25) is 24.5 Å². The molecule has 6 aromatic carbocycles. The Morgan fingerprint density at radius 3 is 2.13 bits per heavy atom. The van der Waals surface area contributed by atoms with Crippen molar-refractivity contribution in [3.8, 4) is 0 Å². The molecule has 0 aliphatic carbocycles. The van der Waals surface area contributed by atoms with Gasteiger partial charge in [0.1, 0.15) is 10.9 Å². The summed E-state index contributed by atoms with van der Waals surface area (Å²) in [6.07, 6.45) is 1.45. The number of aromatic nitrogens is 1. The number of carbonyl (C=O) groups excluding carboxylic acids is 3. The third-order valence-electron chi connectivity index (χ3n) is 8.99. The Hall–Kier alpha value is -6.98. The molecular weight excluding hydrogens is 711 g/mol. The SMILES string of the molecule is CCn1c2ccccc2c2cc(NC(=O)C(Sc3cccc(NC(=O)/C(=C\c4ccc([N+](=O)[O-])cc4)NC(=O)c4ccccc4)c3)c3ccccc3)ccc21. The van der Waals surface area contributed by atoms with Crippen LogP contribution in [0.3, 0.4) is 0 Å². The van der Waals surface area contributed by atoms with Gasteiger partial charge in [-0.1, -0.05) is 72.8 Å². The molecule has 1 unspecified atom stereocenters. The summed E-state index contributed by atoms with van der Waals surface area (Å²) >= 11 is 1.34. The molecule has 1 heterocycles. The normalized spacial score (nSPS) is 11.9. The number of amides is 3. The fraction of sp³-hybridized carbons (Fsp3) is 0.0682. The molecule has 0 saturated carbocycles. The molecule has 0 aliphatic rings. The van der Waals surface area contributed by atoms with Crippen molar-refractivity contribution in [1.29, 1.82) is 0 Å². The molecule has 10 nitrogen and oxygen atoms in total. The maximum absolute atomic E-state index is 14.1. The van der Waals surface area contributed by atoms with Gasteiger partial charge in [0.15, 0.2) is 0 Å². The summed E-state index contributed by atoms with van der Waals surface area (Å²) in [7, 11) is 0. The topological polar surface area (TPSA) is 135 Å². The van der Waals surface area contributed by atoms with Crippen molar-refractivity contribution in [3.63, 3.8) is 0 Å². The van der Waals surface area contributed by atoms with Crippen LogP contribution < -0.4 is 16.0 Å². The average molecular weight is 746 g/mol. The number of para-hydroxylation sites is 1. The van der Waals surface area contributed by atoms with Crippen molar-refractivity contribution >= 4 is 74.4 Å². The number of nitrogens with one attached hydrogen (secondary N) is 3. The highest BCUT2D eigenvalue weighted by atomic mass is 32.2. The molecule has 0 aliphatic heterocycles. The predicted molar refractivity (Wildman–Crippen MR) is 219 cm³/mol. The van der Waals surface area contributed by atoms with E-state index in [-0.39, 0.29) is 17.3 Å². The number of nitro benzene ring substituents is 1. The number of thioether (sulfide) groups is 1. The van der Waals surface area contributed by atoms with E-state index >= 15 is 0 Å². The number of benzene rings is 6. The standard InChI is InChI=1S/C44H35N5O5S/c1-2-48-39-19-10-9-18-36(39)37-28-33(22-25-40(37)48)46-44(52)41(30-12-5-3-6-13-30)55-35-17-11-16-32(27-35)45-43(51)38(47-42(50)31-14-7-4-8-15-31)26-29-20-23-34(24-21-29)49(53)54/h3-28,41H,2H2,1H3,(H,45,51)(H,46,52)(H,47,50)/b38-26+. The van der Waals surface area contributed by atoms with Crippen LogP contribution in [0.1, 0.15) is 33.7 Å². The lowest BCUT2D eigenvalue weighted by atomic mass is 10.1. The van der Waals surface area contributed by atoms with Crippen molar-refractivity contribution in [1.82, 2.24) is 9.88 Å². The number of nitro groups is 1. The molecule has 0 radical (unpaired) electrons. The first-order chi connectivity index (χ1) is 26.8. The minimum absolute atomic E-state index is 0.0682. The molecular formula is C44H35N5O5S. The van der Waals surface area contributed by atoms with Gasteiger partial charge in [-0.25, -0.2) is 0 Å². The fourth-order valence-electron chi connectivity index (χ4n) is 6.36. The van der Waals surface area contributed by atoms with Crippen LogP contribution in [0, 0.1) is 10.1 Å². The van der Waals surface area contributed by atoms with Crippen LogP contribution in [0.2, 0.25) is 0 Å². The smallest absolute Gasteiger partial charge is 0.272 e. The van der Waals surface area contributed by atoms with E-state index in [2.05, 4.69) is 39.6 Å². The lowest BCUT2D eigenvalue weighted by Crippen LogP contribution is -2.30. The van der Waals surface area contributed by atoms with Crippen LogP contribution in [-0.4, -0.2) is 27.2 Å². The number of nitrogens with zero attached hydrogens (tertiary/aromatic N) is 2. The molecule has 7 aromatic rings. The van der Waals surface area contributed by atoms with Crippen molar-refractivity contribution < 1.29 is 19.3 Å². The van der Waals surface area contributed by atoms with Crippen LogP contribution in [0.15, 0.2) is 162 Å². The number of carbonyl (C=O) groups is 3. The van der Waals surface area contributed by atoms with E-state index in [0.29, 0.717) is 22.5 Å². The summed E-state index contributed by atoms with van der Waals surface area (Å²) in [6, 6.07) is 44.9. The van der Waals surface area contributed by atoms with Gasteiger partial charge in [0.25, 0.3) is 17.5 Å². The molecule has 0 spiro atoms. The first-order valence-corrected chi connectivity index (χ1v) is 18.4. The molecule has 0 fully saturated rings. The summed E-state index contributed by atoms with van der Waals surface area (Å²) in [5.74, 6) is -1.32. The monoisotopic (exact) mass is 745 g/mol. The van der Waals surface area contributed by atoms with E-state index in [9.17, 15) is 24.5 Å². The second-order valence-corrected chi connectivity index (χ2v) is 13.8. The maximum Gasteiger partial charge on any atom is 0.272 e. The summed E-state index contributed by atoms with van der Waals surface area (Å²) < 4.78 is 2.26. The van der Waals surface area contributed by atoms with E-state index in [1.165, 1.54) is 42.1 Å².